The van der Waals surface area contributed by atoms with Crippen molar-refractivity contribution < 1.29 is 4.39 Å². The molecule has 0 fully saturated rings. The number of rotatable bonds is 0. The molecule has 0 aliphatic rings. The van der Waals surface area contributed by atoms with Crippen molar-refractivity contribution in [2.75, 3.05) is 5.73 Å². The number of pyridine rings is 2. The summed E-state index contributed by atoms with van der Waals surface area (Å²) >= 11 is 0. The summed E-state index contributed by atoms with van der Waals surface area (Å²) < 4.78 is 12.9. The molecule has 2 heterocycles. The van der Waals surface area contributed by atoms with Gasteiger partial charge in [0.15, 0.2) is 0 Å². The third-order valence-electron chi connectivity index (χ3n) is 2.10. The summed E-state index contributed by atoms with van der Waals surface area (Å²) in [6, 6.07) is 4.87. The van der Waals surface area contributed by atoms with Crippen LogP contribution in [-0.2, 0) is 0 Å². The molecule has 0 amide bonds. The summed E-state index contributed by atoms with van der Waals surface area (Å²) in [5.41, 5.74) is 8.06. The van der Waals surface area contributed by atoms with Gasteiger partial charge in [0.25, 0.3) is 0 Å². The Hall–Kier alpha value is -2.12. The normalized spacial score (nSPS) is 9.00. The second kappa shape index (κ2) is 5.99. The molecular weight excluding hydrogens is 253 g/mol. The molecule has 5 heteroatoms. The molecule has 0 spiro atoms. The number of hydrogen-bond donors (Lipinski definition) is 1. The molecule has 2 rings (SSSR count). The molecule has 0 bridgehead atoms. The Labute approximate surface area is 111 Å². The summed E-state index contributed by atoms with van der Waals surface area (Å²) in [4.78, 5) is 7.90. The molecular formula is C13H11ClFN3. The van der Waals surface area contributed by atoms with Gasteiger partial charge >= 0.3 is 0 Å². The van der Waals surface area contributed by atoms with E-state index in [0.29, 0.717) is 16.9 Å². The Morgan fingerprint density at radius 1 is 1.22 bits per heavy atom. The molecule has 0 aromatic carbocycles. The molecule has 3 nitrogen and oxygen atoms in total. The Balaban J connectivity index is 0.00000162. The predicted octanol–water partition coefficient (Wildman–Crippen LogP) is 2.33. The van der Waals surface area contributed by atoms with Gasteiger partial charge in [-0.25, -0.2) is 9.37 Å². The van der Waals surface area contributed by atoms with E-state index in [9.17, 15) is 4.39 Å². The van der Waals surface area contributed by atoms with Crippen molar-refractivity contribution in [3.63, 3.8) is 0 Å². The average Bonchev–Trinajstić information content (AvgIpc) is 2.30. The van der Waals surface area contributed by atoms with Crippen LogP contribution in [0.5, 0.6) is 0 Å². The highest BCUT2D eigenvalue weighted by atomic mass is 35.5. The van der Waals surface area contributed by atoms with Crippen LogP contribution in [0.1, 0.15) is 17.0 Å². The zero-order valence-electron chi connectivity index (χ0n) is 9.64. The van der Waals surface area contributed by atoms with Gasteiger partial charge in [-0.3, -0.25) is 4.98 Å². The van der Waals surface area contributed by atoms with Crippen LogP contribution in [0.15, 0.2) is 30.6 Å². The third-order valence-corrected chi connectivity index (χ3v) is 2.10. The van der Waals surface area contributed by atoms with E-state index >= 15 is 0 Å². The van der Waals surface area contributed by atoms with E-state index in [2.05, 4.69) is 21.8 Å². The quantitative estimate of drug-likeness (QED) is 0.742. The maximum absolute atomic E-state index is 12.9. The number of nitrogens with zero attached hydrogens (tertiary/aromatic N) is 2. The van der Waals surface area contributed by atoms with Crippen LogP contribution in [0, 0.1) is 24.6 Å². The van der Waals surface area contributed by atoms with Gasteiger partial charge in [0, 0.05) is 17.5 Å². The Morgan fingerprint density at radius 2 is 2.00 bits per heavy atom. The van der Waals surface area contributed by atoms with Gasteiger partial charge < -0.3 is 5.73 Å². The van der Waals surface area contributed by atoms with Gasteiger partial charge in [-0.15, -0.1) is 12.4 Å². The lowest BCUT2D eigenvalue weighted by Gasteiger charge is -1.97. The third kappa shape index (κ3) is 3.44. The highest BCUT2D eigenvalue weighted by molar-refractivity contribution is 5.85. The second-order valence-corrected chi connectivity index (χ2v) is 3.53. The van der Waals surface area contributed by atoms with Crippen molar-refractivity contribution in [1.82, 2.24) is 9.97 Å². The van der Waals surface area contributed by atoms with E-state index in [1.54, 1.807) is 6.07 Å². The summed E-state index contributed by atoms with van der Waals surface area (Å²) in [5.74, 6) is 5.16. The van der Waals surface area contributed by atoms with Gasteiger partial charge in [-0.2, -0.15) is 0 Å². The minimum absolute atomic E-state index is 0. The highest BCUT2D eigenvalue weighted by Crippen LogP contribution is 2.08. The van der Waals surface area contributed by atoms with Gasteiger partial charge in [0.2, 0.25) is 0 Å². The van der Waals surface area contributed by atoms with Gasteiger partial charge in [0.1, 0.15) is 11.5 Å². The average molecular weight is 264 g/mol. The largest absolute Gasteiger partial charge is 0.396 e. The molecule has 0 atom stereocenters. The number of nitrogen functional groups attached to an aromatic ring is 1. The second-order valence-electron chi connectivity index (χ2n) is 3.53. The van der Waals surface area contributed by atoms with Crippen LogP contribution >= 0.6 is 12.4 Å². The summed E-state index contributed by atoms with van der Waals surface area (Å²) in [6.45, 7) is 1.86. The molecule has 92 valence electrons. The maximum Gasteiger partial charge on any atom is 0.142 e. The van der Waals surface area contributed by atoms with Gasteiger partial charge in [-0.1, -0.05) is 5.92 Å². The van der Waals surface area contributed by atoms with E-state index in [-0.39, 0.29) is 12.4 Å². The lowest BCUT2D eigenvalue weighted by Crippen LogP contribution is -1.95. The molecule has 2 aromatic rings. The standard InChI is InChI=1S/C13H10FN3.ClH/c1-9-2-4-12(15)13(17-9)5-3-10-6-11(14)8-16-7-10;/h2,4,6-8H,15H2,1H3;1H. The van der Waals surface area contributed by atoms with Crippen LogP contribution in [0.3, 0.4) is 0 Å². The van der Waals surface area contributed by atoms with E-state index in [1.165, 1.54) is 12.3 Å². The van der Waals surface area contributed by atoms with Crippen molar-refractivity contribution in [3.8, 4) is 11.8 Å². The van der Waals surface area contributed by atoms with Crippen molar-refractivity contribution in [2.24, 2.45) is 0 Å². The first kappa shape index (κ1) is 13.9. The van der Waals surface area contributed by atoms with Crippen molar-refractivity contribution in [1.29, 1.82) is 0 Å². The molecule has 0 saturated heterocycles. The smallest absolute Gasteiger partial charge is 0.142 e. The Morgan fingerprint density at radius 3 is 2.72 bits per heavy atom. The first-order valence-corrected chi connectivity index (χ1v) is 5.01. The van der Waals surface area contributed by atoms with Crippen molar-refractivity contribution in [2.45, 2.75) is 6.92 Å². The van der Waals surface area contributed by atoms with Crippen LogP contribution in [0.2, 0.25) is 0 Å². The van der Waals surface area contributed by atoms with E-state index in [1.807, 2.05) is 13.0 Å². The predicted molar refractivity (Wildman–Crippen MR) is 70.8 cm³/mol. The van der Waals surface area contributed by atoms with Gasteiger partial charge in [-0.05, 0) is 31.0 Å². The highest BCUT2D eigenvalue weighted by Gasteiger charge is 1.97. The molecule has 0 unspecified atom stereocenters. The first-order valence-electron chi connectivity index (χ1n) is 5.01. The number of halogens is 2. The number of aryl methyl sites for hydroxylation is 1. The minimum Gasteiger partial charge on any atom is -0.396 e. The number of nitrogens with two attached hydrogens (primary N) is 1. The summed E-state index contributed by atoms with van der Waals surface area (Å²) in [5, 5.41) is 0. The molecule has 0 aliphatic heterocycles. The zero-order valence-corrected chi connectivity index (χ0v) is 10.5. The monoisotopic (exact) mass is 263 g/mol. The van der Waals surface area contributed by atoms with Crippen molar-refractivity contribution in [3.05, 3.63) is 53.4 Å². The van der Waals surface area contributed by atoms with Crippen LogP contribution in [-0.4, -0.2) is 9.97 Å². The minimum atomic E-state index is -0.415. The zero-order chi connectivity index (χ0) is 12.3. The molecule has 0 aliphatic carbocycles. The number of anilines is 1. The molecule has 2 N–H and O–H groups in total. The fraction of sp³-hybridized carbons (Fsp3) is 0.0769. The molecule has 18 heavy (non-hydrogen) atoms. The molecule has 2 aromatic heterocycles. The van der Waals surface area contributed by atoms with Crippen LogP contribution < -0.4 is 5.73 Å². The van der Waals surface area contributed by atoms with E-state index in [4.69, 9.17) is 5.73 Å². The SMILES string of the molecule is Cc1ccc(N)c(C#Cc2cncc(F)c2)n1.Cl. The maximum atomic E-state index is 12.9. The number of hydrogen-bond acceptors (Lipinski definition) is 3. The van der Waals surface area contributed by atoms with E-state index < -0.39 is 5.82 Å². The van der Waals surface area contributed by atoms with E-state index in [0.717, 1.165) is 11.9 Å². The summed E-state index contributed by atoms with van der Waals surface area (Å²) in [7, 11) is 0. The fourth-order valence-electron chi connectivity index (χ4n) is 1.28. The molecule has 0 saturated carbocycles. The topological polar surface area (TPSA) is 51.8 Å². The Kier molecular flexibility index (Phi) is 4.64. The summed E-state index contributed by atoms with van der Waals surface area (Å²) in [6.07, 6.45) is 2.62. The van der Waals surface area contributed by atoms with Crippen LogP contribution in [0.4, 0.5) is 10.1 Å². The Bertz CT molecular complexity index is 617. The van der Waals surface area contributed by atoms with Gasteiger partial charge in [0.05, 0.1) is 11.9 Å². The molecule has 0 radical (unpaired) electrons. The lowest BCUT2D eigenvalue weighted by atomic mass is 10.2. The van der Waals surface area contributed by atoms with Crippen molar-refractivity contribution >= 4 is 18.1 Å². The van der Waals surface area contributed by atoms with Crippen LogP contribution in [0.25, 0.3) is 0 Å². The lowest BCUT2D eigenvalue weighted by molar-refractivity contribution is 0.621. The number of aromatic nitrogens is 2. The fourth-order valence-corrected chi connectivity index (χ4v) is 1.28. The first-order chi connectivity index (χ1) is 8.15.